The lowest BCUT2D eigenvalue weighted by atomic mass is 9.77. The summed E-state index contributed by atoms with van der Waals surface area (Å²) in [5.41, 5.74) is 0.423. The van der Waals surface area contributed by atoms with E-state index in [-0.39, 0.29) is 0 Å². The second-order valence-corrected chi connectivity index (χ2v) is 5.20. The quantitative estimate of drug-likeness (QED) is 0.515. The third kappa shape index (κ3) is 8.06. The van der Waals surface area contributed by atoms with Crippen LogP contribution >= 0.6 is 0 Å². The highest BCUT2D eigenvalue weighted by molar-refractivity contribution is 4.79. The molecule has 1 N–H and O–H groups in total. The minimum absolute atomic E-state index is 0.423. The van der Waals surface area contributed by atoms with Crippen LogP contribution < -0.4 is 5.32 Å². The Balaban J connectivity index is 3.91. The first-order chi connectivity index (χ1) is 8.74. The number of unbranched alkanes of at least 4 members (excludes halogenated alkanes) is 1. The second-order valence-electron chi connectivity index (χ2n) is 5.20. The Bertz CT molecular complexity index is 176. The van der Waals surface area contributed by atoms with Crippen LogP contribution in [0, 0.1) is 5.41 Å². The van der Waals surface area contributed by atoms with E-state index in [4.69, 9.17) is 9.47 Å². The van der Waals surface area contributed by atoms with Gasteiger partial charge in [-0.3, -0.25) is 0 Å². The van der Waals surface area contributed by atoms with Crippen LogP contribution in [-0.4, -0.2) is 40.5 Å². The Labute approximate surface area is 114 Å². The van der Waals surface area contributed by atoms with E-state index in [1.54, 1.807) is 7.11 Å². The van der Waals surface area contributed by atoms with E-state index in [1.807, 2.05) is 0 Å². The van der Waals surface area contributed by atoms with E-state index in [9.17, 15) is 0 Å². The molecule has 0 heterocycles. The number of rotatable bonds is 13. The van der Waals surface area contributed by atoms with Crippen molar-refractivity contribution in [1.29, 1.82) is 0 Å². The van der Waals surface area contributed by atoms with Gasteiger partial charge in [-0.25, -0.2) is 0 Å². The Morgan fingerprint density at radius 3 is 2.33 bits per heavy atom. The summed E-state index contributed by atoms with van der Waals surface area (Å²) in [5.74, 6) is 0. The molecular formula is C15H33NO2. The zero-order chi connectivity index (χ0) is 13.7. The molecule has 0 spiro atoms. The third-order valence-electron chi connectivity index (χ3n) is 3.78. The molecule has 0 aliphatic rings. The van der Waals surface area contributed by atoms with Crippen molar-refractivity contribution in [2.75, 3.05) is 40.5 Å². The molecule has 0 amide bonds. The van der Waals surface area contributed by atoms with Crippen LogP contribution in [-0.2, 0) is 9.47 Å². The molecular weight excluding hydrogens is 226 g/mol. The van der Waals surface area contributed by atoms with Crippen molar-refractivity contribution in [2.24, 2.45) is 5.41 Å². The van der Waals surface area contributed by atoms with Crippen LogP contribution in [0.5, 0.6) is 0 Å². The SMILES string of the molecule is CCCCC(CC)(CCOCCCOC)CNC. The van der Waals surface area contributed by atoms with Gasteiger partial charge in [0.25, 0.3) is 0 Å². The minimum Gasteiger partial charge on any atom is -0.385 e. The summed E-state index contributed by atoms with van der Waals surface area (Å²) in [7, 11) is 3.79. The topological polar surface area (TPSA) is 30.5 Å². The standard InChI is InChI=1S/C15H33NO2/c1-5-7-9-15(6-2,14-16-3)10-13-18-12-8-11-17-4/h16H,5-14H2,1-4H3. The lowest BCUT2D eigenvalue weighted by Crippen LogP contribution is -2.33. The molecule has 18 heavy (non-hydrogen) atoms. The van der Waals surface area contributed by atoms with Crippen LogP contribution in [0.1, 0.15) is 52.4 Å². The normalized spacial score (nSPS) is 14.7. The Hall–Kier alpha value is -0.120. The molecule has 0 saturated carbocycles. The van der Waals surface area contributed by atoms with Crippen molar-refractivity contribution >= 4 is 0 Å². The highest BCUT2D eigenvalue weighted by Crippen LogP contribution is 2.32. The summed E-state index contributed by atoms with van der Waals surface area (Å²) < 4.78 is 10.7. The highest BCUT2D eigenvalue weighted by atomic mass is 16.5. The first-order valence-corrected chi connectivity index (χ1v) is 7.46. The summed E-state index contributed by atoms with van der Waals surface area (Å²) in [6.07, 6.45) is 7.30. The Kier molecular flexibility index (Phi) is 11.9. The van der Waals surface area contributed by atoms with E-state index < -0.39 is 0 Å². The minimum atomic E-state index is 0.423. The summed E-state index contributed by atoms with van der Waals surface area (Å²) in [6.45, 7) is 8.17. The van der Waals surface area contributed by atoms with Crippen LogP contribution in [0.3, 0.4) is 0 Å². The van der Waals surface area contributed by atoms with Crippen LogP contribution in [0.15, 0.2) is 0 Å². The van der Waals surface area contributed by atoms with Crippen LogP contribution in [0.4, 0.5) is 0 Å². The maximum absolute atomic E-state index is 5.71. The first-order valence-electron chi connectivity index (χ1n) is 7.46. The molecule has 3 nitrogen and oxygen atoms in total. The fourth-order valence-corrected chi connectivity index (χ4v) is 2.40. The van der Waals surface area contributed by atoms with Crippen molar-refractivity contribution in [3.8, 4) is 0 Å². The van der Waals surface area contributed by atoms with Crippen LogP contribution in [0.25, 0.3) is 0 Å². The van der Waals surface area contributed by atoms with Gasteiger partial charge in [-0.1, -0.05) is 26.7 Å². The predicted molar refractivity (Wildman–Crippen MR) is 78.1 cm³/mol. The fraction of sp³-hybridized carbons (Fsp3) is 1.00. The van der Waals surface area contributed by atoms with Gasteiger partial charge >= 0.3 is 0 Å². The molecule has 3 heteroatoms. The largest absolute Gasteiger partial charge is 0.385 e. The molecule has 0 rings (SSSR count). The Morgan fingerprint density at radius 2 is 1.78 bits per heavy atom. The van der Waals surface area contributed by atoms with Gasteiger partial charge in [-0.05, 0) is 38.1 Å². The molecule has 0 aromatic rings. The fourth-order valence-electron chi connectivity index (χ4n) is 2.40. The molecule has 1 unspecified atom stereocenters. The maximum atomic E-state index is 5.71. The molecule has 0 aliphatic carbocycles. The molecule has 0 aromatic carbocycles. The van der Waals surface area contributed by atoms with Crippen molar-refractivity contribution < 1.29 is 9.47 Å². The molecule has 0 bridgehead atoms. The van der Waals surface area contributed by atoms with Gasteiger partial charge in [0.2, 0.25) is 0 Å². The van der Waals surface area contributed by atoms with Gasteiger partial charge in [0.1, 0.15) is 0 Å². The molecule has 0 aromatic heterocycles. The lowest BCUT2D eigenvalue weighted by Gasteiger charge is -2.33. The number of nitrogens with one attached hydrogen (secondary N) is 1. The molecule has 0 saturated heterocycles. The molecule has 110 valence electrons. The van der Waals surface area contributed by atoms with Crippen LogP contribution in [0.2, 0.25) is 0 Å². The number of hydrogen-bond acceptors (Lipinski definition) is 3. The summed E-state index contributed by atoms with van der Waals surface area (Å²) in [6, 6.07) is 0. The monoisotopic (exact) mass is 259 g/mol. The maximum Gasteiger partial charge on any atom is 0.0487 e. The van der Waals surface area contributed by atoms with Gasteiger partial charge in [0.05, 0.1) is 0 Å². The van der Waals surface area contributed by atoms with E-state index in [2.05, 4.69) is 26.2 Å². The lowest BCUT2D eigenvalue weighted by molar-refractivity contribution is 0.0706. The van der Waals surface area contributed by atoms with Crippen molar-refractivity contribution in [3.05, 3.63) is 0 Å². The van der Waals surface area contributed by atoms with Gasteiger partial charge in [0, 0.05) is 33.5 Å². The summed E-state index contributed by atoms with van der Waals surface area (Å²) >= 11 is 0. The van der Waals surface area contributed by atoms with Gasteiger partial charge in [-0.2, -0.15) is 0 Å². The molecule has 0 fully saturated rings. The Morgan fingerprint density at radius 1 is 1.00 bits per heavy atom. The zero-order valence-corrected chi connectivity index (χ0v) is 12.9. The number of hydrogen-bond donors (Lipinski definition) is 1. The van der Waals surface area contributed by atoms with Gasteiger partial charge in [0.15, 0.2) is 0 Å². The third-order valence-corrected chi connectivity index (χ3v) is 3.78. The van der Waals surface area contributed by atoms with Crippen molar-refractivity contribution in [2.45, 2.75) is 52.4 Å². The van der Waals surface area contributed by atoms with E-state index in [0.29, 0.717) is 5.41 Å². The average molecular weight is 259 g/mol. The van der Waals surface area contributed by atoms with E-state index in [0.717, 1.165) is 39.2 Å². The molecule has 1 atom stereocenters. The second kappa shape index (κ2) is 11.9. The first kappa shape index (κ1) is 17.9. The smallest absolute Gasteiger partial charge is 0.0487 e. The van der Waals surface area contributed by atoms with Crippen molar-refractivity contribution in [3.63, 3.8) is 0 Å². The molecule has 0 aliphatic heterocycles. The number of ether oxygens (including phenoxy) is 2. The zero-order valence-electron chi connectivity index (χ0n) is 12.9. The average Bonchev–Trinajstić information content (AvgIpc) is 2.40. The van der Waals surface area contributed by atoms with E-state index >= 15 is 0 Å². The van der Waals surface area contributed by atoms with Crippen molar-refractivity contribution in [1.82, 2.24) is 5.32 Å². The summed E-state index contributed by atoms with van der Waals surface area (Å²) in [5, 5.41) is 3.35. The van der Waals surface area contributed by atoms with Gasteiger partial charge < -0.3 is 14.8 Å². The van der Waals surface area contributed by atoms with Gasteiger partial charge in [-0.15, -0.1) is 0 Å². The predicted octanol–water partition coefficient (Wildman–Crippen LogP) is 3.24. The highest BCUT2D eigenvalue weighted by Gasteiger charge is 2.26. The van der Waals surface area contributed by atoms with E-state index in [1.165, 1.54) is 25.7 Å². The number of methoxy groups -OCH3 is 1. The molecule has 0 radical (unpaired) electrons. The summed E-state index contributed by atoms with van der Waals surface area (Å²) in [4.78, 5) is 0.